The molecule has 0 aliphatic carbocycles. The van der Waals surface area contributed by atoms with E-state index in [1.807, 2.05) is 6.92 Å². The second-order valence-electron chi connectivity index (χ2n) is 1.86. The van der Waals surface area contributed by atoms with E-state index in [-0.39, 0.29) is 5.15 Å². The molecule has 0 atom stereocenters. The molecule has 0 spiro atoms. The number of rotatable bonds is 2. The highest BCUT2D eigenvalue weighted by molar-refractivity contribution is 6.29. The third-order valence-corrected chi connectivity index (χ3v) is 1.33. The Morgan fingerprint density at radius 3 is 2.91 bits per heavy atom. The van der Waals surface area contributed by atoms with E-state index in [1.165, 1.54) is 12.1 Å². The quantitative estimate of drug-likeness (QED) is 0.644. The van der Waals surface area contributed by atoms with Gasteiger partial charge < -0.3 is 4.74 Å². The molecule has 1 rings (SSSR count). The first kappa shape index (κ1) is 8.27. The highest BCUT2D eigenvalue weighted by Gasteiger charge is 2.01. The van der Waals surface area contributed by atoms with Gasteiger partial charge in [0.1, 0.15) is 0 Å². The molecular formula is C7H7ClFNO. The highest BCUT2D eigenvalue weighted by atomic mass is 35.5. The Bertz CT molecular complexity index is 254. The average molecular weight is 176 g/mol. The van der Waals surface area contributed by atoms with Crippen molar-refractivity contribution in [2.75, 3.05) is 6.61 Å². The summed E-state index contributed by atoms with van der Waals surface area (Å²) in [6.07, 6.45) is 0. The van der Waals surface area contributed by atoms with Gasteiger partial charge in [0.25, 0.3) is 0 Å². The van der Waals surface area contributed by atoms with Crippen LogP contribution >= 0.6 is 11.6 Å². The van der Waals surface area contributed by atoms with Gasteiger partial charge in [-0.05, 0) is 13.0 Å². The van der Waals surface area contributed by atoms with E-state index in [0.29, 0.717) is 12.5 Å². The molecule has 0 bridgehead atoms. The van der Waals surface area contributed by atoms with Gasteiger partial charge in [-0.3, -0.25) is 0 Å². The Labute approximate surface area is 69.0 Å². The molecule has 0 radical (unpaired) electrons. The fourth-order valence-electron chi connectivity index (χ4n) is 0.629. The molecule has 0 fully saturated rings. The topological polar surface area (TPSA) is 22.1 Å². The van der Waals surface area contributed by atoms with Crippen molar-refractivity contribution in [1.29, 1.82) is 0 Å². The summed E-state index contributed by atoms with van der Waals surface area (Å²) < 4.78 is 17.5. The van der Waals surface area contributed by atoms with Crippen molar-refractivity contribution in [2.45, 2.75) is 6.92 Å². The van der Waals surface area contributed by atoms with Gasteiger partial charge in [-0.15, -0.1) is 0 Å². The number of hydrogen-bond donors (Lipinski definition) is 0. The van der Waals surface area contributed by atoms with Crippen molar-refractivity contribution in [3.8, 4) is 5.88 Å². The van der Waals surface area contributed by atoms with E-state index in [2.05, 4.69) is 4.98 Å². The fourth-order valence-corrected chi connectivity index (χ4v) is 0.775. The number of pyridine rings is 1. The molecule has 0 saturated heterocycles. The molecule has 4 heteroatoms. The Morgan fingerprint density at radius 1 is 1.64 bits per heavy atom. The number of nitrogens with zero attached hydrogens (tertiary/aromatic N) is 1. The van der Waals surface area contributed by atoms with Crippen molar-refractivity contribution in [3.63, 3.8) is 0 Å². The first-order valence-electron chi connectivity index (χ1n) is 3.19. The van der Waals surface area contributed by atoms with Crippen molar-refractivity contribution in [1.82, 2.24) is 4.98 Å². The summed E-state index contributed by atoms with van der Waals surface area (Å²) in [5.74, 6) is -0.186. The minimum atomic E-state index is -0.532. The Hall–Kier alpha value is -0.830. The van der Waals surface area contributed by atoms with Crippen LogP contribution in [-0.2, 0) is 0 Å². The molecule has 1 aromatic rings. The number of aromatic nitrogens is 1. The smallest absolute Gasteiger partial charge is 0.214 e. The molecular weight excluding hydrogens is 169 g/mol. The third kappa shape index (κ3) is 2.05. The maximum atomic E-state index is 12.5. The highest BCUT2D eigenvalue weighted by Crippen LogP contribution is 2.15. The summed E-state index contributed by atoms with van der Waals surface area (Å²) >= 11 is 5.38. The van der Waals surface area contributed by atoms with Gasteiger partial charge in [0.2, 0.25) is 5.88 Å². The van der Waals surface area contributed by atoms with E-state index in [4.69, 9.17) is 16.3 Å². The molecule has 0 aliphatic heterocycles. The summed E-state index contributed by atoms with van der Waals surface area (Å²) in [4.78, 5) is 3.63. The lowest BCUT2D eigenvalue weighted by Crippen LogP contribution is -1.94. The molecule has 1 heterocycles. The standard InChI is InChI=1S/C7H7ClFNO/c1-2-11-6-4-3-5(9)7(8)10-6/h3-4H,2H2,1H3. The van der Waals surface area contributed by atoms with Crippen LogP contribution in [0.5, 0.6) is 5.88 Å². The van der Waals surface area contributed by atoms with Crippen LogP contribution < -0.4 is 4.74 Å². The lowest BCUT2D eigenvalue weighted by atomic mass is 10.5. The van der Waals surface area contributed by atoms with Gasteiger partial charge >= 0.3 is 0 Å². The average Bonchev–Trinajstić information content (AvgIpc) is 1.98. The molecule has 1 aromatic heterocycles. The zero-order valence-corrected chi connectivity index (χ0v) is 6.73. The van der Waals surface area contributed by atoms with E-state index >= 15 is 0 Å². The van der Waals surface area contributed by atoms with E-state index in [9.17, 15) is 4.39 Å². The number of hydrogen-bond acceptors (Lipinski definition) is 2. The Balaban J connectivity index is 2.86. The van der Waals surface area contributed by atoms with Crippen LogP contribution in [0.25, 0.3) is 0 Å². The Morgan fingerprint density at radius 2 is 2.36 bits per heavy atom. The summed E-state index contributed by atoms with van der Waals surface area (Å²) in [5.41, 5.74) is 0. The zero-order chi connectivity index (χ0) is 8.27. The van der Waals surface area contributed by atoms with Crippen molar-refractivity contribution in [2.24, 2.45) is 0 Å². The van der Waals surface area contributed by atoms with Gasteiger partial charge in [-0.1, -0.05) is 11.6 Å². The Kier molecular flexibility index (Phi) is 2.65. The van der Waals surface area contributed by atoms with Crippen LogP contribution in [-0.4, -0.2) is 11.6 Å². The maximum absolute atomic E-state index is 12.5. The van der Waals surface area contributed by atoms with E-state index in [0.717, 1.165) is 0 Å². The van der Waals surface area contributed by atoms with Gasteiger partial charge in [-0.25, -0.2) is 4.39 Å². The number of halogens is 2. The monoisotopic (exact) mass is 175 g/mol. The predicted octanol–water partition coefficient (Wildman–Crippen LogP) is 2.27. The lowest BCUT2D eigenvalue weighted by Gasteiger charge is -2.00. The molecule has 0 unspecified atom stereocenters. The summed E-state index contributed by atoms with van der Waals surface area (Å²) in [6, 6.07) is 2.66. The van der Waals surface area contributed by atoms with Crippen LogP contribution in [0.15, 0.2) is 12.1 Å². The fraction of sp³-hybridized carbons (Fsp3) is 0.286. The van der Waals surface area contributed by atoms with Gasteiger partial charge in [-0.2, -0.15) is 4.98 Å². The number of ether oxygens (including phenoxy) is 1. The zero-order valence-electron chi connectivity index (χ0n) is 5.97. The van der Waals surface area contributed by atoms with Crippen LogP contribution in [0.2, 0.25) is 5.15 Å². The summed E-state index contributed by atoms with van der Waals surface area (Å²) in [7, 11) is 0. The van der Waals surface area contributed by atoms with Crippen molar-refractivity contribution in [3.05, 3.63) is 23.1 Å². The molecule has 11 heavy (non-hydrogen) atoms. The van der Waals surface area contributed by atoms with E-state index < -0.39 is 5.82 Å². The van der Waals surface area contributed by atoms with Crippen LogP contribution in [0.1, 0.15) is 6.92 Å². The summed E-state index contributed by atoms with van der Waals surface area (Å²) in [6.45, 7) is 2.31. The molecule has 0 N–H and O–H groups in total. The second-order valence-corrected chi connectivity index (χ2v) is 2.21. The third-order valence-electron chi connectivity index (χ3n) is 1.07. The lowest BCUT2D eigenvalue weighted by molar-refractivity contribution is 0.326. The first-order chi connectivity index (χ1) is 5.24. The van der Waals surface area contributed by atoms with Crippen molar-refractivity contribution < 1.29 is 9.13 Å². The molecule has 0 saturated carbocycles. The summed E-state index contributed by atoms with van der Waals surface area (Å²) in [5, 5.41) is -0.157. The molecule has 0 aromatic carbocycles. The normalized spacial score (nSPS) is 9.73. The second kappa shape index (κ2) is 3.53. The predicted molar refractivity (Wildman–Crippen MR) is 40.4 cm³/mol. The molecule has 60 valence electrons. The van der Waals surface area contributed by atoms with Crippen LogP contribution in [0.4, 0.5) is 4.39 Å². The molecule has 2 nitrogen and oxygen atoms in total. The SMILES string of the molecule is CCOc1ccc(F)c(Cl)n1. The molecule has 0 aliphatic rings. The van der Waals surface area contributed by atoms with Gasteiger partial charge in [0.15, 0.2) is 11.0 Å². The van der Waals surface area contributed by atoms with Crippen molar-refractivity contribution >= 4 is 11.6 Å². The van der Waals surface area contributed by atoms with Gasteiger partial charge in [0, 0.05) is 6.07 Å². The first-order valence-corrected chi connectivity index (χ1v) is 3.56. The van der Waals surface area contributed by atoms with Crippen LogP contribution in [0, 0.1) is 5.82 Å². The van der Waals surface area contributed by atoms with Crippen LogP contribution in [0.3, 0.4) is 0 Å². The van der Waals surface area contributed by atoms with E-state index in [1.54, 1.807) is 0 Å². The minimum absolute atomic E-state index is 0.157. The maximum Gasteiger partial charge on any atom is 0.214 e. The largest absolute Gasteiger partial charge is 0.478 e. The minimum Gasteiger partial charge on any atom is -0.478 e. The molecule has 0 amide bonds. The van der Waals surface area contributed by atoms with Gasteiger partial charge in [0.05, 0.1) is 6.61 Å².